The second kappa shape index (κ2) is 7.47. The van der Waals surface area contributed by atoms with Gasteiger partial charge in [0.25, 0.3) is 5.91 Å². The molecule has 1 fully saturated rings. The highest BCUT2D eigenvalue weighted by Crippen LogP contribution is 2.12. The predicted molar refractivity (Wildman–Crippen MR) is 78.2 cm³/mol. The number of hydrogen-bond donors (Lipinski definition) is 2. The summed E-state index contributed by atoms with van der Waals surface area (Å²) in [5.74, 6) is 0.350. The fourth-order valence-corrected chi connectivity index (χ4v) is 2.07. The molecule has 2 heterocycles. The lowest BCUT2D eigenvalue weighted by atomic mass is 10.4. The number of ether oxygens (including phenoxy) is 1. The molecule has 0 radical (unpaired) electrons. The van der Waals surface area contributed by atoms with Crippen LogP contribution in [0.2, 0.25) is 0 Å². The van der Waals surface area contributed by atoms with Gasteiger partial charge in [0.2, 0.25) is 5.88 Å². The third kappa shape index (κ3) is 4.62. The molecule has 1 aromatic rings. The summed E-state index contributed by atoms with van der Waals surface area (Å²) in [5, 5.41) is 5.26. The van der Waals surface area contributed by atoms with Gasteiger partial charge in [-0.05, 0) is 25.8 Å². The average Bonchev–Trinajstić information content (AvgIpc) is 3.01. The molecule has 7 heteroatoms. The van der Waals surface area contributed by atoms with Crippen LogP contribution in [-0.4, -0.2) is 48.1 Å². The molecule has 1 aliphatic rings. The summed E-state index contributed by atoms with van der Waals surface area (Å²) in [6.07, 6.45) is 3.61. The van der Waals surface area contributed by atoms with Crippen molar-refractivity contribution in [3.05, 3.63) is 18.3 Å². The minimum absolute atomic E-state index is 0.00387. The molecule has 0 aromatic carbocycles. The SMILES string of the molecule is CCNC(=O)Nc1ccc(OCC(=O)N2CCCC2)nc1. The molecule has 0 bridgehead atoms. The smallest absolute Gasteiger partial charge is 0.319 e. The largest absolute Gasteiger partial charge is 0.468 e. The summed E-state index contributed by atoms with van der Waals surface area (Å²) in [4.78, 5) is 29.0. The van der Waals surface area contributed by atoms with E-state index in [4.69, 9.17) is 4.74 Å². The number of carbonyl (C=O) groups is 2. The maximum absolute atomic E-state index is 11.8. The molecule has 1 aromatic heterocycles. The Morgan fingerprint density at radius 3 is 2.71 bits per heavy atom. The Morgan fingerprint density at radius 1 is 1.33 bits per heavy atom. The van der Waals surface area contributed by atoms with E-state index in [2.05, 4.69) is 15.6 Å². The van der Waals surface area contributed by atoms with Gasteiger partial charge < -0.3 is 20.3 Å². The first-order valence-corrected chi connectivity index (χ1v) is 7.10. The number of rotatable bonds is 5. The highest BCUT2D eigenvalue weighted by Gasteiger charge is 2.18. The van der Waals surface area contributed by atoms with E-state index in [1.807, 2.05) is 6.92 Å². The quantitative estimate of drug-likeness (QED) is 0.855. The van der Waals surface area contributed by atoms with Crippen molar-refractivity contribution < 1.29 is 14.3 Å². The van der Waals surface area contributed by atoms with Crippen LogP contribution in [0.1, 0.15) is 19.8 Å². The van der Waals surface area contributed by atoms with Crippen molar-refractivity contribution >= 4 is 17.6 Å². The van der Waals surface area contributed by atoms with Crippen LogP contribution >= 0.6 is 0 Å². The number of anilines is 1. The van der Waals surface area contributed by atoms with Gasteiger partial charge >= 0.3 is 6.03 Å². The number of urea groups is 1. The van der Waals surface area contributed by atoms with E-state index < -0.39 is 0 Å². The van der Waals surface area contributed by atoms with Gasteiger partial charge in [-0.3, -0.25) is 4.79 Å². The van der Waals surface area contributed by atoms with Gasteiger partial charge in [-0.15, -0.1) is 0 Å². The van der Waals surface area contributed by atoms with Crippen molar-refractivity contribution in [3.8, 4) is 5.88 Å². The number of likely N-dealkylation sites (tertiary alicyclic amines) is 1. The van der Waals surface area contributed by atoms with E-state index in [9.17, 15) is 9.59 Å². The minimum Gasteiger partial charge on any atom is -0.468 e. The molecule has 7 nitrogen and oxygen atoms in total. The van der Waals surface area contributed by atoms with Crippen LogP contribution in [0.3, 0.4) is 0 Å². The van der Waals surface area contributed by atoms with E-state index >= 15 is 0 Å². The molecule has 1 aliphatic heterocycles. The Kier molecular flexibility index (Phi) is 5.36. The monoisotopic (exact) mass is 292 g/mol. The third-order valence-electron chi connectivity index (χ3n) is 3.13. The molecule has 3 amide bonds. The molecule has 0 spiro atoms. The second-order valence-electron chi connectivity index (χ2n) is 4.75. The zero-order chi connectivity index (χ0) is 15.1. The summed E-state index contributed by atoms with van der Waals surface area (Å²) in [5.41, 5.74) is 0.569. The normalized spacial score (nSPS) is 13.9. The maximum atomic E-state index is 11.8. The number of pyridine rings is 1. The summed E-state index contributed by atoms with van der Waals surface area (Å²) >= 11 is 0. The number of amides is 3. The van der Waals surface area contributed by atoms with Crippen LogP contribution < -0.4 is 15.4 Å². The van der Waals surface area contributed by atoms with E-state index in [0.717, 1.165) is 25.9 Å². The average molecular weight is 292 g/mol. The third-order valence-corrected chi connectivity index (χ3v) is 3.13. The number of hydrogen-bond acceptors (Lipinski definition) is 4. The molecule has 2 N–H and O–H groups in total. The molecular formula is C14H20N4O3. The molecule has 0 atom stereocenters. The molecular weight excluding hydrogens is 272 g/mol. The van der Waals surface area contributed by atoms with E-state index in [1.165, 1.54) is 6.20 Å². The lowest BCUT2D eigenvalue weighted by Gasteiger charge is -2.15. The number of nitrogens with zero attached hydrogens (tertiary/aromatic N) is 2. The summed E-state index contributed by atoms with van der Waals surface area (Å²) in [6.45, 7) is 4.01. The standard InChI is InChI=1S/C14H20N4O3/c1-2-15-14(20)17-11-5-6-12(16-9-11)21-10-13(19)18-7-3-4-8-18/h5-6,9H,2-4,7-8,10H2,1H3,(H2,15,17,20). The molecule has 21 heavy (non-hydrogen) atoms. The van der Waals surface area contributed by atoms with Crippen LogP contribution in [-0.2, 0) is 4.79 Å². The predicted octanol–water partition coefficient (Wildman–Crippen LogP) is 1.22. The first-order chi connectivity index (χ1) is 10.2. The van der Waals surface area contributed by atoms with E-state index in [1.54, 1.807) is 17.0 Å². The minimum atomic E-state index is -0.280. The highest BCUT2D eigenvalue weighted by molar-refractivity contribution is 5.88. The van der Waals surface area contributed by atoms with Crippen molar-refractivity contribution in [2.45, 2.75) is 19.8 Å². The lowest BCUT2D eigenvalue weighted by Crippen LogP contribution is -2.32. The maximum Gasteiger partial charge on any atom is 0.319 e. The fraction of sp³-hybridized carbons (Fsp3) is 0.500. The summed E-state index contributed by atoms with van der Waals surface area (Å²) in [7, 11) is 0. The Balaban J connectivity index is 1.79. The number of carbonyl (C=O) groups excluding carboxylic acids is 2. The molecule has 0 aliphatic carbocycles. The lowest BCUT2D eigenvalue weighted by molar-refractivity contribution is -0.132. The first-order valence-electron chi connectivity index (χ1n) is 7.10. The van der Waals surface area contributed by atoms with Gasteiger partial charge in [-0.25, -0.2) is 9.78 Å². The van der Waals surface area contributed by atoms with Crippen LogP contribution in [0.25, 0.3) is 0 Å². The summed E-state index contributed by atoms with van der Waals surface area (Å²) in [6, 6.07) is 3.02. The molecule has 114 valence electrons. The van der Waals surface area contributed by atoms with Gasteiger partial charge in [-0.1, -0.05) is 0 Å². The summed E-state index contributed by atoms with van der Waals surface area (Å²) < 4.78 is 5.36. The Morgan fingerprint density at radius 2 is 2.10 bits per heavy atom. The van der Waals surface area contributed by atoms with Crippen LogP contribution in [0.5, 0.6) is 5.88 Å². The van der Waals surface area contributed by atoms with Crippen molar-refractivity contribution in [2.24, 2.45) is 0 Å². The van der Waals surface area contributed by atoms with Crippen molar-refractivity contribution in [2.75, 3.05) is 31.6 Å². The van der Waals surface area contributed by atoms with Gasteiger partial charge in [0.15, 0.2) is 6.61 Å². The zero-order valence-electron chi connectivity index (χ0n) is 12.1. The van der Waals surface area contributed by atoms with Crippen molar-refractivity contribution in [3.63, 3.8) is 0 Å². The Hall–Kier alpha value is -2.31. The van der Waals surface area contributed by atoms with Crippen molar-refractivity contribution in [1.82, 2.24) is 15.2 Å². The molecule has 0 unspecified atom stereocenters. The molecule has 1 saturated heterocycles. The highest BCUT2D eigenvalue weighted by atomic mass is 16.5. The zero-order valence-corrected chi connectivity index (χ0v) is 12.1. The van der Waals surface area contributed by atoms with Gasteiger partial charge in [-0.2, -0.15) is 0 Å². The van der Waals surface area contributed by atoms with Crippen LogP contribution in [0.15, 0.2) is 18.3 Å². The number of nitrogens with one attached hydrogen (secondary N) is 2. The Labute approximate surface area is 123 Å². The second-order valence-corrected chi connectivity index (χ2v) is 4.75. The molecule has 0 saturated carbocycles. The van der Waals surface area contributed by atoms with E-state index in [0.29, 0.717) is 18.1 Å². The van der Waals surface area contributed by atoms with Crippen LogP contribution in [0.4, 0.5) is 10.5 Å². The Bertz CT molecular complexity index is 483. The first kappa shape index (κ1) is 15.1. The topological polar surface area (TPSA) is 83.6 Å². The van der Waals surface area contributed by atoms with Gasteiger partial charge in [0.05, 0.1) is 11.9 Å². The van der Waals surface area contributed by atoms with Gasteiger partial charge in [0, 0.05) is 25.7 Å². The van der Waals surface area contributed by atoms with Crippen molar-refractivity contribution in [1.29, 1.82) is 0 Å². The van der Waals surface area contributed by atoms with Crippen LogP contribution in [0, 0.1) is 0 Å². The van der Waals surface area contributed by atoms with E-state index in [-0.39, 0.29) is 18.5 Å². The van der Waals surface area contributed by atoms with Gasteiger partial charge in [0.1, 0.15) is 0 Å². The molecule has 2 rings (SSSR count). The number of aromatic nitrogens is 1. The fourth-order valence-electron chi connectivity index (χ4n) is 2.07.